The minimum absolute atomic E-state index is 0.234. The zero-order chi connectivity index (χ0) is 14.7. The third kappa shape index (κ3) is 4.79. The van der Waals surface area contributed by atoms with Gasteiger partial charge in [-0.15, -0.1) is 0 Å². The highest BCUT2D eigenvalue weighted by atomic mass is 32.2. The van der Waals surface area contributed by atoms with Gasteiger partial charge in [-0.25, -0.2) is 8.42 Å². The second-order valence-electron chi connectivity index (χ2n) is 6.67. The first-order valence-electron chi connectivity index (χ1n) is 7.08. The molecule has 0 bridgehead atoms. The minimum Gasteiger partial charge on any atom is -0.481 e. The molecule has 1 atom stereocenters. The number of aliphatic carboxylic acids is 1. The van der Waals surface area contributed by atoms with Crippen LogP contribution in [0.3, 0.4) is 0 Å². The molecule has 0 aliphatic heterocycles. The van der Waals surface area contributed by atoms with Crippen LogP contribution in [0.4, 0.5) is 0 Å². The van der Waals surface area contributed by atoms with Crippen molar-refractivity contribution in [3.05, 3.63) is 0 Å². The van der Waals surface area contributed by atoms with Crippen LogP contribution in [0.15, 0.2) is 0 Å². The van der Waals surface area contributed by atoms with Crippen LogP contribution in [0.25, 0.3) is 0 Å². The molecule has 4 nitrogen and oxygen atoms in total. The quantitative estimate of drug-likeness (QED) is 0.845. The van der Waals surface area contributed by atoms with E-state index in [1.807, 2.05) is 0 Å². The Morgan fingerprint density at radius 1 is 1.21 bits per heavy atom. The lowest BCUT2D eigenvalue weighted by Gasteiger charge is -2.26. The largest absolute Gasteiger partial charge is 0.481 e. The van der Waals surface area contributed by atoms with Gasteiger partial charge in [-0.05, 0) is 33.1 Å². The van der Waals surface area contributed by atoms with Crippen molar-refractivity contribution in [1.82, 2.24) is 0 Å². The number of carboxylic acids is 1. The molecular formula is C14H26O4S. The summed E-state index contributed by atoms with van der Waals surface area (Å²) < 4.78 is 23.4. The monoisotopic (exact) mass is 290 g/mol. The average Bonchev–Trinajstić information content (AvgIpc) is 2.27. The Morgan fingerprint density at radius 3 is 2.16 bits per heavy atom. The Kier molecular flexibility index (Phi) is 5.42. The first kappa shape index (κ1) is 16.5. The maximum absolute atomic E-state index is 12.1. The fourth-order valence-electron chi connectivity index (χ4n) is 2.58. The molecule has 1 fully saturated rings. The molecule has 1 N–H and O–H groups in total. The molecule has 1 saturated carbocycles. The van der Waals surface area contributed by atoms with Crippen molar-refractivity contribution in [1.29, 1.82) is 0 Å². The van der Waals surface area contributed by atoms with Gasteiger partial charge < -0.3 is 5.11 Å². The Morgan fingerprint density at radius 2 is 1.74 bits per heavy atom. The minimum atomic E-state index is -3.37. The fourth-order valence-corrected chi connectivity index (χ4v) is 3.89. The molecule has 0 radical (unpaired) electrons. The van der Waals surface area contributed by atoms with E-state index < -0.39 is 26.5 Å². The van der Waals surface area contributed by atoms with Crippen LogP contribution in [0.1, 0.15) is 59.3 Å². The van der Waals surface area contributed by atoms with Gasteiger partial charge in [0.1, 0.15) is 0 Å². The first-order chi connectivity index (χ1) is 8.63. The summed E-state index contributed by atoms with van der Waals surface area (Å²) in [4.78, 5) is 11.3. The van der Waals surface area contributed by atoms with Crippen LogP contribution in [0.5, 0.6) is 0 Å². The van der Waals surface area contributed by atoms with Crippen molar-refractivity contribution < 1.29 is 18.3 Å². The second kappa shape index (κ2) is 6.25. The molecule has 19 heavy (non-hydrogen) atoms. The Hall–Kier alpha value is -0.580. The van der Waals surface area contributed by atoms with Gasteiger partial charge in [0.2, 0.25) is 0 Å². The van der Waals surface area contributed by atoms with Crippen LogP contribution in [0.2, 0.25) is 0 Å². The lowest BCUT2D eigenvalue weighted by molar-refractivity contribution is -0.141. The van der Waals surface area contributed by atoms with Gasteiger partial charge in [-0.2, -0.15) is 0 Å². The van der Waals surface area contributed by atoms with E-state index >= 15 is 0 Å². The fraction of sp³-hybridized carbons (Fsp3) is 0.929. The summed E-state index contributed by atoms with van der Waals surface area (Å²) in [5.41, 5.74) is 0. The third-order valence-corrected chi connectivity index (χ3v) is 6.75. The Balaban J connectivity index is 2.71. The maximum atomic E-state index is 12.1. The third-order valence-electron chi connectivity index (χ3n) is 4.05. The second-order valence-corrected chi connectivity index (χ2v) is 9.46. The summed E-state index contributed by atoms with van der Waals surface area (Å²) in [6, 6.07) is 0. The van der Waals surface area contributed by atoms with E-state index in [4.69, 9.17) is 0 Å². The molecule has 112 valence electrons. The summed E-state index contributed by atoms with van der Waals surface area (Å²) in [6.45, 7) is 4.88. The molecule has 1 rings (SSSR count). The normalized spacial score (nSPS) is 20.2. The topological polar surface area (TPSA) is 71.4 Å². The van der Waals surface area contributed by atoms with Gasteiger partial charge in [-0.3, -0.25) is 4.79 Å². The van der Waals surface area contributed by atoms with E-state index in [1.165, 1.54) is 6.42 Å². The van der Waals surface area contributed by atoms with Crippen LogP contribution < -0.4 is 0 Å². The van der Waals surface area contributed by atoms with Gasteiger partial charge in [0.25, 0.3) is 0 Å². The van der Waals surface area contributed by atoms with Gasteiger partial charge >= 0.3 is 5.97 Å². The number of hydrogen-bond acceptors (Lipinski definition) is 3. The molecule has 0 spiro atoms. The molecule has 1 aliphatic carbocycles. The van der Waals surface area contributed by atoms with Crippen molar-refractivity contribution in [2.75, 3.05) is 5.75 Å². The molecule has 0 aromatic rings. The zero-order valence-corrected chi connectivity index (χ0v) is 13.0. The molecule has 0 heterocycles. The number of carboxylic acid groups (broad SMARTS) is 1. The highest BCUT2D eigenvalue weighted by Gasteiger charge is 2.35. The lowest BCUT2D eigenvalue weighted by atomic mass is 9.83. The first-order valence-corrected chi connectivity index (χ1v) is 8.74. The smallest absolute Gasteiger partial charge is 0.307 e. The molecule has 0 unspecified atom stereocenters. The number of rotatable bonds is 5. The summed E-state index contributed by atoms with van der Waals surface area (Å²) in [7, 11) is -3.37. The van der Waals surface area contributed by atoms with Crippen molar-refractivity contribution in [3.63, 3.8) is 0 Å². The number of hydrogen-bond donors (Lipinski definition) is 1. The Bertz CT molecular complexity index is 400. The molecule has 5 heteroatoms. The number of carbonyl (C=O) groups is 1. The van der Waals surface area contributed by atoms with E-state index in [0.29, 0.717) is 12.3 Å². The lowest BCUT2D eigenvalue weighted by Crippen LogP contribution is -2.36. The predicted molar refractivity (Wildman–Crippen MR) is 75.9 cm³/mol. The van der Waals surface area contributed by atoms with E-state index in [1.54, 1.807) is 20.8 Å². The predicted octanol–water partition coefficient (Wildman–Crippen LogP) is 2.87. The van der Waals surface area contributed by atoms with E-state index in [2.05, 4.69) is 0 Å². The van der Waals surface area contributed by atoms with Gasteiger partial charge in [0.05, 0.1) is 16.4 Å². The summed E-state index contributed by atoms with van der Waals surface area (Å²) >= 11 is 0. The van der Waals surface area contributed by atoms with Crippen molar-refractivity contribution in [2.24, 2.45) is 11.8 Å². The SMILES string of the molecule is CC(C)(C)S(=O)(=O)C[C@@H](CC1CCCCC1)C(=O)O. The van der Waals surface area contributed by atoms with E-state index in [0.717, 1.165) is 25.7 Å². The summed E-state index contributed by atoms with van der Waals surface area (Å²) in [6.07, 6.45) is 6.09. The molecule has 0 aromatic heterocycles. The van der Waals surface area contributed by atoms with Crippen molar-refractivity contribution in [3.8, 4) is 0 Å². The molecular weight excluding hydrogens is 264 g/mol. The highest BCUT2D eigenvalue weighted by Crippen LogP contribution is 2.31. The van der Waals surface area contributed by atoms with E-state index in [-0.39, 0.29) is 5.75 Å². The molecule has 1 aliphatic rings. The van der Waals surface area contributed by atoms with Gasteiger partial charge in [-0.1, -0.05) is 32.1 Å². The van der Waals surface area contributed by atoms with E-state index in [9.17, 15) is 18.3 Å². The molecule has 0 amide bonds. The maximum Gasteiger partial charge on any atom is 0.307 e. The standard InChI is InChI=1S/C14H26O4S/c1-14(2,3)19(17,18)10-12(13(15)16)9-11-7-5-4-6-8-11/h11-12H,4-10H2,1-3H3,(H,15,16)/t12-/m1/s1. The summed E-state index contributed by atoms with van der Waals surface area (Å²) in [5, 5.41) is 9.27. The van der Waals surface area contributed by atoms with Gasteiger partial charge in [0, 0.05) is 0 Å². The van der Waals surface area contributed by atoms with Crippen molar-refractivity contribution in [2.45, 2.75) is 64.0 Å². The Labute approximate surface area is 116 Å². The van der Waals surface area contributed by atoms with Gasteiger partial charge in [0.15, 0.2) is 9.84 Å². The van der Waals surface area contributed by atoms with Crippen LogP contribution in [0, 0.1) is 11.8 Å². The molecule has 0 aromatic carbocycles. The summed E-state index contributed by atoms with van der Waals surface area (Å²) in [5.74, 6) is -1.58. The van der Waals surface area contributed by atoms with Crippen LogP contribution >= 0.6 is 0 Å². The average molecular weight is 290 g/mol. The number of sulfone groups is 1. The van der Waals surface area contributed by atoms with Crippen LogP contribution in [-0.4, -0.2) is 30.0 Å². The highest BCUT2D eigenvalue weighted by molar-refractivity contribution is 7.92. The van der Waals surface area contributed by atoms with Crippen LogP contribution in [-0.2, 0) is 14.6 Å². The molecule has 0 saturated heterocycles. The van der Waals surface area contributed by atoms with Crippen molar-refractivity contribution >= 4 is 15.8 Å². The zero-order valence-electron chi connectivity index (χ0n) is 12.2.